The Labute approximate surface area is 211 Å². The summed E-state index contributed by atoms with van der Waals surface area (Å²) in [5.41, 5.74) is 9.08. The number of nitrogens with one attached hydrogen (secondary N) is 1. The first kappa shape index (κ1) is 23.7. The maximum Gasteiger partial charge on any atom is 0.329 e. The number of para-hydroxylation sites is 1. The topological polar surface area (TPSA) is 106 Å². The van der Waals surface area contributed by atoms with Gasteiger partial charge in [0.2, 0.25) is 11.8 Å². The van der Waals surface area contributed by atoms with Gasteiger partial charge in [-0.15, -0.1) is 0 Å². The third-order valence-corrected chi connectivity index (χ3v) is 9.38. The number of likely N-dealkylation sites (tertiary alicyclic amines) is 1. The van der Waals surface area contributed by atoms with E-state index in [1.807, 2.05) is 12.1 Å². The van der Waals surface area contributed by atoms with Crippen LogP contribution in [0.25, 0.3) is 11.0 Å². The van der Waals surface area contributed by atoms with Crippen molar-refractivity contribution < 1.29 is 9.59 Å². The second-order valence-electron chi connectivity index (χ2n) is 11.7. The summed E-state index contributed by atoms with van der Waals surface area (Å²) in [6.07, 6.45) is 7.94. The van der Waals surface area contributed by atoms with E-state index in [4.69, 9.17) is 5.73 Å². The summed E-state index contributed by atoms with van der Waals surface area (Å²) in [6.45, 7) is 5.54. The molecule has 1 aromatic heterocycles. The smallest absolute Gasteiger partial charge is 0.329 e. The number of aromatic nitrogens is 2. The maximum atomic E-state index is 13.2. The lowest BCUT2D eigenvalue weighted by molar-refractivity contribution is -0.135. The van der Waals surface area contributed by atoms with Crippen molar-refractivity contribution in [2.75, 3.05) is 37.6 Å². The van der Waals surface area contributed by atoms with Gasteiger partial charge in [0.05, 0.1) is 16.7 Å². The van der Waals surface area contributed by atoms with Crippen molar-refractivity contribution in [3.8, 4) is 0 Å². The number of fused-ring (bicyclic) bond motifs is 1. The number of hydrogen-bond acceptors (Lipinski definition) is 6. The second-order valence-corrected chi connectivity index (χ2v) is 11.7. The van der Waals surface area contributed by atoms with Gasteiger partial charge >= 0.3 is 5.69 Å². The van der Waals surface area contributed by atoms with Gasteiger partial charge in [0.15, 0.2) is 0 Å². The van der Waals surface area contributed by atoms with E-state index >= 15 is 0 Å². The molecule has 4 heterocycles. The van der Waals surface area contributed by atoms with Crippen LogP contribution in [0.5, 0.6) is 0 Å². The number of carbonyl (C=O) groups excluding carboxylic acids is 2. The van der Waals surface area contributed by atoms with Crippen molar-refractivity contribution in [3.05, 3.63) is 28.7 Å². The highest BCUT2D eigenvalue weighted by Crippen LogP contribution is 2.48. The van der Waals surface area contributed by atoms with E-state index in [9.17, 15) is 14.4 Å². The molecule has 0 bridgehead atoms. The van der Waals surface area contributed by atoms with Crippen molar-refractivity contribution in [3.63, 3.8) is 0 Å². The zero-order valence-electron chi connectivity index (χ0n) is 21.2. The summed E-state index contributed by atoms with van der Waals surface area (Å²) in [7, 11) is 1.78. The van der Waals surface area contributed by atoms with Gasteiger partial charge in [0.1, 0.15) is 6.04 Å². The number of rotatable bonds is 4. The molecule has 9 heteroatoms. The van der Waals surface area contributed by atoms with E-state index in [0.717, 1.165) is 42.7 Å². The lowest BCUT2D eigenvalue weighted by atomic mass is 9.60. The van der Waals surface area contributed by atoms with Crippen molar-refractivity contribution in [1.82, 2.24) is 19.4 Å². The minimum absolute atomic E-state index is 0.211. The Bertz CT molecular complexity index is 1220. The first-order valence-corrected chi connectivity index (χ1v) is 13.6. The van der Waals surface area contributed by atoms with Crippen LogP contribution in [0.2, 0.25) is 0 Å². The molecule has 6 rings (SSSR count). The number of nitrogens with zero attached hydrogens (tertiary/aromatic N) is 4. The van der Waals surface area contributed by atoms with E-state index < -0.39 is 11.9 Å². The predicted molar refractivity (Wildman–Crippen MR) is 139 cm³/mol. The number of imide groups is 1. The average molecular weight is 495 g/mol. The number of piperidine rings is 3. The van der Waals surface area contributed by atoms with Crippen LogP contribution >= 0.6 is 0 Å². The molecule has 1 spiro atoms. The fourth-order valence-corrected chi connectivity index (χ4v) is 7.30. The molecule has 4 aliphatic rings. The van der Waals surface area contributed by atoms with E-state index in [0.29, 0.717) is 23.8 Å². The molecular formula is C27H38N6O3. The van der Waals surface area contributed by atoms with Crippen molar-refractivity contribution in [2.45, 2.75) is 63.5 Å². The van der Waals surface area contributed by atoms with Crippen LogP contribution in [0.4, 0.5) is 5.69 Å². The molecule has 36 heavy (non-hydrogen) atoms. The number of aryl methyl sites for hydroxylation is 1. The second kappa shape index (κ2) is 9.03. The standard InChI is InChI=1S/C27H38N6O3/c1-30-24-20(3-2-4-21(24)33(26(30)36)22-5-6-23(34)29-25(22)35)32-11-7-18(8-12-32)17-31-13-9-27(10-14-31)15-19(28)16-27/h2-4,18-19,22H,5-17,28H2,1H3,(H,29,34,35). The number of nitrogens with two attached hydrogens (primary N) is 1. The van der Waals surface area contributed by atoms with Crippen LogP contribution in [0.15, 0.2) is 23.0 Å². The Hall–Kier alpha value is -2.65. The summed E-state index contributed by atoms with van der Waals surface area (Å²) in [6, 6.07) is 5.76. The third kappa shape index (κ3) is 4.06. The summed E-state index contributed by atoms with van der Waals surface area (Å²) in [5.74, 6) is 0.0373. The first-order valence-electron chi connectivity index (χ1n) is 13.6. The summed E-state index contributed by atoms with van der Waals surface area (Å²) < 4.78 is 3.24. The van der Waals surface area contributed by atoms with Gasteiger partial charge in [-0.1, -0.05) is 6.07 Å². The first-order chi connectivity index (χ1) is 17.3. The number of anilines is 1. The molecule has 1 unspecified atom stereocenters. The van der Waals surface area contributed by atoms with Gasteiger partial charge in [0.25, 0.3) is 0 Å². The van der Waals surface area contributed by atoms with E-state index in [2.05, 4.69) is 21.2 Å². The largest absolute Gasteiger partial charge is 0.370 e. The Kier molecular flexibility index (Phi) is 5.95. The molecule has 3 aliphatic heterocycles. The van der Waals surface area contributed by atoms with E-state index in [1.165, 1.54) is 45.3 Å². The quantitative estimate of drug-likeness (QED) is 0.628. The molecule has 194 valence electrons. The van der Waals surface area contributed by atoms with E-state index in [-0.39, 0.29) is 18.0 Å². The molecule has 2 aromatic rings. The SMILES string of the molecule is Cn1c(=O)n(C2CCC(=O)NC2=O)c2cccc(N3CCC(CN4CCC5(CC4)CC(N)C5)CC3)c21. The third-order valence-electron chi connectivity index (χ3n) is 9.38. The molecular weight excluding hydrogens is 456 g/mol. The summed E-state index contributed by atoms with van der Waals surface area (Å²) in [5, 5.41) is 2.39. The van der Waals surface area contributed by atoms with Crippen LogP contribution in [-0.4, -0.2) is 64.6 Å². The molecule has 1 aliphatic carbocycles. The minimum Gasteiger partial charge on any atom is -0.370 e. The number of carbonyl (C=O) groups is 2. The minimum atomic E-state index is -0.653. The highest BCUT2D eigenvalue weighted by Gasteiger charge is 2.44. The van der Waals surface area contributed by atoms with Crippen LogP contribution in [-0.2, 0) is 16.6 Å². The van der Waals surface area contributed by atoms with Gasteiger partial charge < -0.3 is 15.5 Å². The zero-order chi connectivity index (χ0) is 25.0. The Balaban J connectivity index is 1.14. The highest BCUT2D eigenvalue weighted by atomic mass is 16.2. The molecule has 3 saturated heterocycles. The Morgan fingerprint density at radius 3 is 2.42 bits per heavy atom. The van der Waals surface area contributed by atoms with Gasteiger partial charge in [-0.2, -0.15) is 0 Å². The molecule has 0 radical (unpaired) electrons. The van der Waals surface area contributed by atoms with Crippen LogP contribution < -0.4 is 21.6 Å². The van der Waals surface area contributed by atoms with Crippen LogP contribution in [0.3, 0.4) is 0 Å². The fourth-order valence-electron chi connectivity index (χ4n) is 7.30. The predicted octanol–water partition coefficient (Wildman–Crippen LogP) is 1.74. The monoisotopic (exact) mass is 494 g/mol. The van der Waals surface area contributed by atoms with Crippen molar-refractivity contribution >= 4 is 28.5 Å². The van der Waals surface area contributed by atoms with Gasteiger partial charge in [-0.3, -0.25) is 24.0 Å². The Morgan fingerprint density at radius 1 is 1.03 bits per heavy atom. The molecule has 1 saturated carbocycles. The average Bonchev–Trinajstić information content (AvgIpc) is 3.10. The van der Waals surface area contributed by atoms with Gasteiger partial charge in [0, 0.05) is 39.1 Å². The van der Waals surface area contributed by atoms with E-state index in [1.54, 1.807) is 16.2 Å². The van der Waals surface area contributed by atoms with Crippen LogP contribution in [0.1, 0.15) is 57.4 Å². The molecule has 9 nitrogen and oxygen atoms in total. The lowest BCUT2D eigenvalue weighted by Crippen LogP contribution is -2.52. The maximum absolute atomic E-state index is 13.2. The van der Waals surface area contributed by atoms with Gasteiger partial charge in [-0.05, 0) is 81.5 Å². The summed E-state index contributed by atoms with van der Waals surface area (Å²) >= 11 is 0. The zero-order valence-corrected chi connectivity index (χ0v) is 21.2. The van der Waals surface area contributed by atoms with Crippen molar-refractivity contribution in [2.24, 2.45) is 24.1 Å². The van der Waals surface area contributed by atoms with Gasteiger partial charge in [-0.25, -0.2) is 4.79 Å². The highest BCUT2D eigenvalue weighted by molar-refractivity contribution is 6.00. The summed E-state index contributed by atoms with van der Waals surface area (Å²) in [4.78, 5) is 42.5. The number of hydrogen-bond donors (Lipinski definition) is 2. The molecule has 1 aromatic carbocycles. The molecule has 2 amide bonds. The number of benzene rings is 1. The number of amides is 2. The number of imidazole rings is 1. The normalized spacial score (nSPS) is 25.9. The van der Waals surface area contributed by atoms with Crippen LogP contribution in [0, 0.1) is 11.3 Å². The lowest BCUT2D eigenvalue weighted by Gasteiger charge is -2.51. The fraction of sp³-hybridized carbons (Fsp3) is 0.667. The molecule has 4 fully saturated rings. The van der Waals surface area contributed by atoms with Crippen molar-refractivity contribution in [1.29, 1.82) is 0 Å². The molecule has 3 N–H and O–H groups in total. The Morgan fingerprint density at radius 2 is 1.75 bits per heavy atom. The molecule has 1 atom stereocenters.